The fourth-order valence-electron chi connectivity index (χ4n) is 2.69. The molecule has 0 fully saturated rings. The molecule has 2 aromatic rings. The van der Waals surface area contributed by atoms with Gasteiger partial charge in [0.15, 0.2) is 6.10 Å². The number of non-ortho nitro benzene ring substituents is 1. The minimum Gasteiger partial charge on any atom is -0.496 e. The van der Waals surface area contributed by atoms with Gasteiger partial charge >= 0.3 is 0 Å². The lowest BCUT2D eigenvalue weighted by atomic mass is 9.94. The van der Waals surface area contributed by atoms with E-state index in [9.17, 15) is 15.2 Å². The van der Waals surface area contributed by atoms with Crippen molar-refractivity contribution in [2.24, 2.45) is 0 Å². The Morgan fingerprint density at radius 2 is 2.09 bits per heavy atom. The molecule has 0 saturated heterocycles. The monoisotopic (exact) mass is 301 g/mol. The Kier molecular flexibility index (Phi) is 3.68. The van der Waals surface area contributed by atoms with E-state index in [1.807, 2.05) is 6.07 Å². The Morgan fingerprint density at radius 3 is 2.82 bits per heavy atom. The molecular formula is C16H15NO5. The number of aliphatic hydroxyl groups is 1. The first kappa shape index (κ1) is 14.3. The van der Waals surface area contributed by atoms with Crippen molar-refractivity contribution in [1.29, 1.82) is 0 Å². The lowest BCUT2D eigenvalue weighted by Gasteiger charge is -2.31. The van der Waals surface area contributed by atoms with Gasteiger partial charge in [0.1, 0.15) is 11.5 Å². The van der Waals surface area contributed by atoms with E-state index >= 15 is 0 Å². The third-order valence-corrected chi connectivity index (χ3v) is 3.74. The van der Waals surface area contributed by atoms with Crippen LogP contribution >= 0.6 is 0 Å². The quantitative estimate of drug-likeness (QED) is 0.696. The molecule has 0 bridgehead atoms. The molecule has 3 rings (SSSR count). The zero-order chi connectivity index (χ0) is 15.7. The first-order valence-corrected chi connectivity index (χ1v) is 6.85. The van der Waals surface area contributed by atoms with Gasteiger partial charge in [-0.2, -0.15) is 0 Å². The Labute approximate surface area is 127 Å². The summed E-state index contributed by atoms with van der Waals surface area (Å²) in [6.07, 6.45) is -1.07. The molecular weight excluding hydrogens is 286 g/mol. The number of nitrogens with zero attached hydrogens (tertiary/aromatic N) is 1. The summed E-state index contributed by atoms with van der Waals surface area (Å²) in [5, 5.41) is 21.3. The second kappa shape index (κ2) is 5.65. The summed E-state index contributed by atoms with van der Waals surface area (Å²) < 4.78 is 11.1. The third-order valence-electron chi connectivity index (χ3n) is 3.74. The Morgan fingerprint density at radius 1 is 1.32 bits per heavy atom. The van der Waals surface area contributed by atoms with E-state index in [4.69, 9.17) is 9.47 Å². The number of rotatable bonds is 3. The van der Waals surface area contributed by atoms with Crippen molar-refractivity contribution < 1.29 is 19.5 Å². The number of fused-ring (bicyclic) bond motifs is 1. The molecule has 2 aromatic carbocycles. The number of aliphatic hydroxyl groups excluding tert-OH is 1. The van der Waals surface area contributed by atoms with Crippen LogP contribution in [0.5, 0.6) is 11.5 Å². The van der Waals surface area contributed by atoms with Gasteiger partial charge in [0, 0.05) is 29.7 Å². The molecule has 2 atom stereocenters. The predicted octanol–water partition coefficient (Wildman–Crippen LogP) is 2.64. The topological polar surface area (TPSA) is 81.8 Å². The van der Waals surface area contributed by atoms with Crippen molar-refractivity contribution in [3.8, 4) is 11.5 Å². The zero-order valence-electron chi connectivity index (χ0n) is 11.9. The van der Waals surface area contributed by atoms with Crippen molar-refractivity contribution in [1.82, 2.24) is 0 Å². The largest absolute Gasteiger partial charge is 0.496 e. The SMILES string of the molecule is COc1cccc2c1C[C@H](O)[C@@H](c1cccc([N+](=O)[O-])c1)O2. The number of methoxy groups -OCH3 is 1. The highest BCUT2D eigenvalue weighted by Gasteiger charge is 2.32. The van der Waals surface area contributed by atoms with E-state index < -0.39 is 17.1 Å². The van der Waals surface area contributed by atoms with Gasteiger partial charge in [-0.15, -0.1) is 0 Å². The fourth-order valence-corrected chi connectivity index (χ4v) is 2.69. The Balaban J connectivity index is 1.96. The smallest absolute Gasteiger partial charge is 0.269 e. The molecule has 0 radical (unpaired) electrons. The molecule has 114 valence electrons. The number of ether oxygens (including phenoxy) is 2. The maximum atomic E-state index is 10.9. The van der Waals surface area contributed by atoms with Gasteiger partial charge < -0.3 is 14.6 Å². The molecule has 1 N–H and O–H groups in total. The van der Waals surface area contributed by atoms with Gasteiger partial charge in [-0.3, -0.25) is 10.1 Å². The summed E-state index contributed by atoms with van der Waals surface area (Å²) in [4.78, 5) is 10.4. The fraction of sp³-hybridized carbons (Fsp3) is 0.250. The molecule has 0 unspecified atom stereocenters. The standard InChI is InChI=1S/C16H15NO5/c1-21-14-6-3-7-15-12(14)9-13(18)16(22-15)10-4-2-5-11(8-10)17(19)20/h2-8,13,16,18H,9H2,1H3/t13-,16+/m0/s1. The summed E-state index contributed by atoms with van der Waals surface area (Å²) in [5.74, 6) is 1.29. The van der Waals surface area contributed by atoms with E-state index in [1.54, 1.807) is 31.4 Å². The summed E-state index contributed by atoms with van der Waals surface area (Å²) in [6, 6.07) is 11.6. The maximum Gasteiger partial charge on any atom is 0.269 e. The number of hydrogen-bond acceptors (Lipinski definition) is 5. The molecule has 22 heavy (non-hydrogen) atoms. The molecule has 1 aliphatic heterocycles. The second-order valence-electron chi connectivity index (χ2n) is 5.10. The van der Waals surface area contributed by atoms with Crippen molar-refractivity contribution in [2.45, 2.75) is 18.6 Å². The highest BCUT2D eigenvalue weighted by atomic mass is 16.6. The number of nitro groups is 1. The molecule has 6 heteroatoms. The number of benzene rings is 2. The van der Waals surface area contributed by atoms with E-state index in [0.29, 0.717) is 23.5 Å². The number of hydrogen-bond donors (Lipinski definition) is 1. The molecule has 1 aliphatic rings. The molecule has 1 heterocycles. The van der Waals surface area contributed by atoms with E-state index in [2.05, 4.69) is 0 Å². The summed E-state index contributed by atoms with van der Waals surface area (Å²) in [5.41, 5.74) is 1.36. The lowest BCUT2D eigenvalue weighted by molar-refractivity contribution is -0.385. The first-order valence-electron chi connectivity index (χ1n) is 6.85. The molecule has 0 spiro atoms. The summed E-state index contributed by atoms with van der Waals surface area (Å²) >= 11 is 0. The first-order chi connectivity index (χ1) is 10.6. The minimum absolute atomic E-state index is 0.0234. The Hall–Kier alpha value is -2.60. The summed E-state index contributed by atoms with van der Waals surface area (Å²) in [6.45, 7) is 0. The third kappa shape index (κ3) is 2.48. The van der Waals surface area contributed by atoms with Crippen LogP contribution in [0.3, 0.4) is 0 Å². The molecule has 0 saturated carbocycles. The van der Waals surface area contributed by atoms with Crippen molar-refractivity contribution in [3.63, 3.8) is 0 Å². The van der Waals surface area contributed by atoms with Crippen LogP contribution in [0.15, 0.2) is 42.5 Å². The second-order valence-corrected chi connectivity index (χ2v) is 5.10. The van der Waals surface area contributed by atoms with Crippen LogP contribution in [0.1, 0.15) is 17.2 Å². The highest BCUT2D eigenvalue weighted by molar-refractivity contribution is 5.48. The van der Waals surface area contributed by atoms with Gasteiger partial charge in [-0.25, -0.2) is 0 Å². The van der Waals surface area contributed by atoms with E-state index in [0.717, 1.165) is 5.56 Å². The normalized spacial score (nSPS) is 19.9. The van der Waals surface area contributed by atoms with Crippen molar-refractivity contribution in [3.05, 3.63) is 63.7 Å². The van der Waals surface area contributed by atoms with Gasteiger partial charge in [0.2, 0.25) is 0 Å². The lowest BCUT2D eigenvalue weighted by Crippen LogP contribution is -2.30. The van der Waals surface area contributed by atoms with Crippen LogP contribution in [0, 0.1) is 10.1 Å². The zero-order valence-corrected chi connectivity index (χ0v) is 11.9. The van der Waals surface area contributed by atoms with Crippen LogP contribution in [0.4, 0.5) is 5.69 Å². The van der Waals surface area contributed by atoms with Crippen LogP contribution in [0.25, 0.3) is 0 Å². The minimum atomic E-state index is -0.800. The van der Waals surface area contributed by atoms with Gasteiger partial charge in [0.25, 0.3) is 5.69 Å². The molecule has 6 nitrogen and oxygen atoms in total. The van der Waals surface area contributed by atoms with Crippen LogP contribution in [-0.2, 0) is 6.42 Å². The van der Waals surface area contributed by atoms with Gasteiger partial charge in [-0.1, -0.05) is 18.2 Å². The maximum absolute atomic E-state index is 10.9. The van der Waals surface area contributed by atoms with E-state index in [1.165, 1.54) is 12.1 Å². The average molecular weight is 301 g/mol. The van der Waals surface area contributed by atoms with Crippen LogP contribution < -0.4 is 9.47 Å². The molecule has 0 aromatic heterocycles. The molecule has 0 amide bonds. The highest BCUT2D eigenvalue weighted by Crippen LogP contribution is 2.39. The van der Waals surface area contributed by atoms with Gasteiger partial charge in [-0.05, 0) is 12.1 Å². The van der Waals surface area contributed by atoms with Crippen molar-refractivity contribution >= 4 is 5.69 Å². The van der Waals surface area contributed by atoms with Crippen molar-refractivity contribution in [2.75, 3.05) is 7.11 Å². The predicted molar refractivity (Wildman–Crippen MR) is 79.2 cm³/mol. The average Bonchev–Trinajstić information content (AvgIpc) is 2.53. The Bertz CT molecular complexity index is 715. The van der Waals surface area contributed by atoms with E-state index in [-0.39, 0.29) is 5.69 Å². The summed E-state index contributed by atoms with van der Waals surface area (Å²) in [7, 11) is 1.56. The van der Waals surface area contributed by atoms with Crippen LogP contribution in [-0.4, -0.2) is 23.2 Å². The number of nitro benzene ring substituents is 1. The van der Waals surface area contributed by atoms with Crippen LogP contribution in [0.2, 0.25) is 0 Å². The molecule has 0 aliphatic carbocycles. The van der Waals surface area contributed by atoms with Gasteiger partial charge in [0.05, 0.1) is 18.1 Å².